The smallest absolute Gasteiger partial charge is 0.225 e. The summed E-state index contributed by atoms with van der Waals surface area (Å²) in [5, 5.41) is 5.16. The van der Waals surface area contributed by atoms with E-state index in [0.29, 0.717) is 18.4 Å². The van der Waals surface area contributed by atoms with E-state index in [4.69, 9.17) is 4.74 Å². The summed E-state index contributed by atoms with van der Waals surface area (Å²) in [6.07, 6.45) is 2.75. The fraction of sp³-hybridized carbons (Fsp3) is 0.333. The van der Waals surface area contributed by atoms with Crippen LogP contribution in [-0.4, -0.2) is 16.5 Å². The number of nitrogens with one attached hydrogen (secondary N) is 1. The molecule has 0 aliphatic heterocycles. The van der Waals surface area contributed by atoms with Gasteiger partial charge in [-0.3, -0.25) is 0 Å². The van der Waals surface area contributed by atoms with Crippen LogP contribution in [0.5, 0.6) is 5.88 Å². The van der Waals surface area contributed by atoms with Gasteiger partial charge in [-0.1, -0.05) is 13.0 Å². The number of thiophene rings is 1. The first kappa shape index (κ1) is 11.9. The molecule has 0 saturated carbocycles. The van der Waals surface area contributed by atoms with E-state index in [2.05, 4.69) is 22.2 Å². The lowest BCUT2D eigenvalue weighted by Gasteiger charge is -2.06. The maximum absolute atomic E-state index is 5.59. The highest BCUT2D eigenvalue weighted by molar-refractivity contribution is 7.09. The minimum absolute atomic E-state index is 0.557. The van der Waals surface area contributed by atoms with Gasteiger partial charge < -0.3 is 10.1 Å². The second kappa shape index (κ2) is 6.20. The Morgan fingerprint density at radius 3 is 3.12 bits per heavy atom. The molecule has 2 rings (SSSR count). The molecule has 0 amide bonds. The highest BCUT2D eigenvalue weighted by Crippen LogP contribution is 2.14. The van der Waals surface area contributed by atoms with Crippen LogP contribution in [0.3, 0.4) is 0 Å². The van der Waals surface area contributed by atoms with Gasteiger partial charge in [0.2, 0.25) is 11.8 Å². The van der Waals surface area contributed by atoms with Crippen molar-refractivity contribution in [3.63, 3.8) is 0 Å². The van der Waals surface area contributed by atoms with Crippen molar-refractivity contribution >= 4 is 17.3 Å². The zero-order chi connectivity index (χ0) is 11.9. The summed E-state index contributed by atoms with van der Waals surface area (Å²) in [5.74, 6) is 1.22. The van der Waals surface area contributed by atoms with Crippen molar-refractivity contribution in [3.8, 4) is 5.88 Å². The number of aromatic nitrogens is 2. The van der Waals surface area contributed by atoms with Crippen LogP contribution in [0.4, 0.5) is 5.95 Å². The molecule has 4 nitrogen and oxygen atoms in total. The third kappa shape index (κ3) is 3.71. The minimum atomic E-state index is 0.557. The van der Waals surface area contributed by atoms with Crippen LogP contribution in [0, 0.1) is 0 Å². The summed E-state index contributed by atoms with van der Waals surface area (Å²) < 4.78 is 5.59. The van der Waals surface area contributed by atoms with Gasteiger partial charge in [-0.15, -0.1) is 11.3 Å². The summed E-state index contributed by atoms with van der Waals surface area (Å²) >= 11 is 1.68. The fourth-order valence-electron chi connectivity index (χ4n) is 1.28. The molecule has 17 heavy (non-hydrogen) atoms. The molecule has 2 heterocycles. The molecule has 0 bridgehead atoms. The Morgan fingerprint density at radius 1 is 1.41 bits per heavy atom. The average Bonchev–Trinajstić information content (AvgIpc) is 2.87. The van der Waals surface area contributed by atoms with Crippen molar-refractivity contribution in [2.24, 2.45) is 0 Å². The quantitative estimate of drug-likeness (QED) is 0.855. The Balaban J connectivity index is 1.91. The Morgan fingerprint density at radius 2 is 2.35 bits per heavy atom. The Bertz CT molecular complexity index is 445. The third-order valence-electron chi connectivity index (χ3n) is 2.11. The third-order valence-corrected chi connectivity index (χ3v) is 2.96. The summed E-state index contributed by atoms with van der Waals surface area (Å²) in [4.78, 5) is 9.58. The van der Waals surface area contributed by atoms with E-state index in [1.54, 1.807) is 23.6 Å². The molecule has 0 aliphatic rings. The maximum atomic E-state index is 5.59. The van der Waals surface area contributed by atoms with Gasteiger partial charge in [-0.25, -0.2) is 4.98 Å². The summed E-state index contributed by atoms with van der Waals surface area (Å²) in [6.45, 7) is 3.53. The van der Waals surface area contributed by atoms with Crippen LogP contribution >= 0.6 is 11.3 Å². The van der Waals surface area contributed by atoms with E-state index in [1.165, 1.54) is 4.88 Å². The van der Waals surface area contributed by atoms with E-state index in [9.17, 15) is 0 Å². The molecular formula is C12H15N3OS. The maximum Gasteiger partial charge on any atom is 0.225 e. The molecule has 0 unspecified atom stereocenters. The van der Waals surface area contributed by atoms with Gasteiger partial charge >= 0.3 is 0 Å². The lowest BCUT2D eigenvalue weighted by Crippen LogP contribution is -2.05. The molecule has 0 aromatic carbocycles. The Labute approximate surface area is 105 Å². The van der Waals surface area contributed by atoms with Crippen molar-refractivity contribution in [2.45, 2.75) is 20.0 Å². The second-order valence-corrected chi connectivity index (χ2v) is 4.55. The largest absolute Gasteiger partial charge is 0.472 e. The van der Waals surface area contributed by atoms with Gasteiger partial charge in [0.25, 0.3) is 0 Å². The number of anilines is 1. The topological polar surface area (TPSA) is 47.0 Å². The molecule has 90 valence electrons. The van der Waals surface area contributed by atoms with E-state index in [1.807, 2.05) is 17.5 Å². The zero-order valence-electron chi connectivity index (χ0n) is 9.72. The number of hydrogen-bond donors (Lipinski definition) is 1. The van der Waals surface area contributed by atoms with Gasteiger partial charge in [-0.2, -0.15) is 4.98 Å². The molecule has 5 heteroatoms. The first-order valence-electron chi connectivity index (χ1n) is 5.60. The number of hydrogen-bond acceptors (Lipinski definition) is 5. The highest BCUT2D eigenvalue weighted by Gasteiger charge is 2.00. The van der Waals surface area contributed by atoms with Gasteiger partial charge in [0, 0.05) is 23.7 Å². The molecule has 0 aliphatic carbocycles. The molecule has 2 aromatic rings. The predicted octanol–water partition coefficient (Wildman–Crippen LogP) is 2.94. The van der Waals surface area contributed by atoms with Gasteiger partial charge in [0.1, 0.15) is 6.61 Å². The first-order valence-corrected chi connectivity index (χ1v) is 6.48. The van der Waals surface area contributed by atoms with Crippen molar-refractivity contribution in [1.82, 2.24) is 9.97 Å². The SMILES string of the molecule is CCCNc1nccc(OCc2cccs2)n1. The van der Waals surface area contributed by atoms with Crippen molar-refractivity contribution < 1.29 is 4.74 Å². The molecule has 2 aromatic heterocycles. The lowest BCUT2D eigenvalue weighted by atomic mass is 10.5. The highest BCUT2D eigenvalue weighted by atomic mass is 32.1. The van der Waals surface area contributed by atoms with Gasteiger partial charge in [-0.05, 0) is 17.9 Å². The average molecular weight is 249 g/mol. The van der Waals surface area contributed by atoms with Crippen molar-refractivity contribution in [3.05, 3.63) is 34.7 Å². The fourth-order valence-corrected chi connectivity index (χ4v) is 1.90. The molecule has 0 atom stereocenters. The molecule has 0 saturated heterocycles. The van der Waals surface area contributed by atoms with E-state index < -0.39 is 0 Å². The predicted molar refractivity (Wildman–Crippen MR) is 69.5 cm³/mol. The molecule has 0 fully saturated rings. The summed E-state index contributed by atoms with van der Waals surface area (Å²) in [7, 11) is 0. The second-order valence-electron chi connectivity index (χ2n) is 3.51. The Kier molecular flexibility index (Phi) is 4.32. The van der Waals surface area contributed by atoms with Crippen LogP contribution in [-0.2, 0) is 6.61 Å². The normalized spacial score (nSPS) is 10.2. The van der Waals surface area contributed by atoms with E-state index in [-0.39, 0.29) is 0 Å². The molecule has 0 spiro atoms. The van der Waals surface area contributed by atoms with Crippen LogP contribution < -0.4 is 10.1 Å². The van der Waals surface area contributed by atoms with E-state index in [0.717, 1.165) is 13.0 Å². The van der Waals surface area contributed by atoms with Crippen molar-refractivity contribution in [2.75, 3.05) is 11.9 Å². The molecule has 1 N–H and O–H groups in total. The first-order chi connectivity index (χ1) is 8.38. The Hall–Kier alpha value is -1.62. The van der Waals surface area contributed by atoms with Crippen LogP contribution in [0.1, 0.15) is 18.2 Å². The number of ether oxygens (including phenoxy) is 1. The number of rotatable bonds is 6. The summed E-state index contributed by atoms with van der Waals surface area (Å²) in [6, 6.07) is 5.82. The monoisotopic (exact) mass is 249 g/mol. The minimum Gasteiger partial charge on any atom is -0.472 e. The van der Waals surface area contributed by atoms with E-state index >= 15 is 0 Å². The van der Waals surface area contributed by atoms with Crippen LogP contribution in [0.15, 0.2) is 29.8 Å². The van der Waals surface area contributed by atoms with Gasteiger partial charge in [0.15, 0.2) is 0 Å². The molecular weight excluding hydrogens is 234 g/mol. The van der Waals surface area contributed by atoms with Crippen LogP contribution in [0.25, 0.3) is 0 Å². The number of nitrogens with zero attached hydrogens (tertiary/aromatic N) is 2. The zero-order valence-corrected chi connectivity index (χ0v) is 10.5. The standard InChI is InChI=1S/C12H15N3OS/c1-2-6-13-12-14-7-5-11(15-12)16-9-10-4-3-8-17-10/h3-5,7-8H,2,6,9H2,1H3,(H,13,14,15). The lowest BCUT2D eigenvalue weighted by molar-refractivity contribution is 0.297. The van der Waals surface area contributed by atoms with Crippen LogP contribution in [0.2, 0.25) is 0 Å². The van der Waals surface area contributed by atoms with Crippen molar-refractivity contribution in [1.29, 1.82) is 0 Å². The molecule has 0 radical (unpaired) electrons. The van der Waals surface area contributed by atoms with Gasteiger partial charge in [0.05, 0.1) is 0 Å². The summed E-state index contributed by atoms with van der Waals surface area (Å²) in [5.41, 5.74) is 0.